The Kier molecular flexibility index (Phi) is 5.31. The molecule has 1 aromatic heterocycles. The van der Waals surface area contributed by atoms with E-state index in [4.69, 9.17) is 4.74 Å². The molecule has 19 heavy (non-hydrogen) atoms. The first-order valence-electron chi connectivity index (χ1n) is 7.57. The molecule has 0 amide bonds. The number of ether oxygens (including phenoxy) is 1. The third-order valence-corrected chi connectivity index (χ3v) is 3.47. The lowest BCUT2D eigenvalue weighted by Crippen LogP contribution is -1.97. The Labute approximate surface area is 116 Å². The van der Waals surface area contributed by atoms with Crippen LogP contribution in [0.5, 0.6) is 5.75 Å². The van der Waals surface area contributed by atoms with Crippen molar-refractivity contribution in [2.24, 2.45) is 0 Å². The van der Waals surface area contributed by atoms with Crippen LogP contribution in [0.25, 0.3) is 10.9 Å². The van der Waals surface area contributed by atoms with E-state index in [9.17, 15) is 0 Å². The zero-order valence-electron chi connectivity index (χ0n) is 12.2. The number of benzene rings is 1. The molecule has 0 fully saturated rings. The minimum atomic E-state index is 0.795. The zero-order chi connectivity index (χ0) is 13.5. The standard InChI is InChI=1S/C17H25NO/c1-3-5-6-7-11-18-12-10-15-14-16(19-13-4-2)8-9-17(15)18/h8-10,12,14H,3-7,11,13H2,1-2H3. The summed E-state index contributed by atoms with van der Waals surface area (Å²) in [5.41, 5.74) is 1.32. The Hall–Kier alpha value is -1.44. The summed E-state index contributed by atoms with van der Waals surface area (Å²) in [6, 6.07) is 8.60. The average Bonchev–Trinajstić information content (AvgIpc) is 2.84. The van der Waals surface area contributed by atoms with E-state index in [1.54, 1.807) is 0 Å². The second-order valence-electron chi connectivity index (χ2n) is 5.14. The molecule has 0 unspecified atom stereocenters. The van der Waals surface area contributed by atoms with Gasteiger partial charge in [0.25, 0.3) is 0 Å². The molecule has 2 rings (SSSR count). The molecule has 0 N–H and O–H groups in total. The van der Waals surface area contributed by atoms with Crippen molar-refractivity contribution in [3.8, 4) is 5.75 Å². The monoisotopic (exact) mass is 259 g/mol. The second kappa shape index (κ2) is 7.22. The SMILES string of the molecule is CCCCCCn1ccc2cc(OCCC)ccc21. The molecule has 2 heteroatoms. The Balaban J connectivity index is 2.02. The molecule has 0 atom stereocenters. The van der Waals surface area contributed by atoms with Crippen LogP contribution in [0.3, 0.4) is 0 Å². The predicted octanol–water partition coefficient (Wildman–Crippen LogP) is 5.01. The van der Waals surface area contributed by atoms with Crippen molar-refractivity contribution in [2.75, 3.05) is 6.61 Å². The molecule has 0 saturated heterocycles. The summed E-state index contributed by atoms with van der Waals surface area (Å²) in [6.07, 6.45) is 8.48. The fourth-order valence-corrected chi connectivity index (χ4v) is 2.39. The van der Waals surface area contributed by atoms with E-state index in [1.807, 2.05) is 0 Å². The maximum absolute atomic E-state index is 5.68. The maximum Gasteiger partial charge on any atom is 0.120 e. The van der Waals surface area contributed by atoms with Crippen LogP contribution in [-0.2, 0) is 6.54 Å². The molecule has 0 aliphatic heterocycles. The predicted molar refractivity (Wildman–Crippen MR) is 81.9 cm³/mol. The van der Waals surface area contributed by atoms with Crippen molar-refractivity contribution in [1.29, 1.82) is 0 Å². The molecule has 1 heterocycles. The van der Waals surface area contributed by atoms with Gasteiger partial charge in [-0.3, -0.25) is 0 Å². The maximum atomic E-state index is 5.68. The van der Waals surface area contributed by atoms with Crippen LogP contribution in [0.1, 0.15) is 46.0 Å². The Morgan fingerprint density at radius 3 is 2.68 bits per heavy atom. The summed E-state index contributed by atoms with van der Waals surface area (Å²) < 4.78 is 8.03. The smallest absolute Gasteiger partial charge is 0.120 e. The fraction of sp³-hybridized carbons (Fsp3) is 0.529. The zero-order valence-corrected chi connectivity index (χ0v) is 12.2. The van der Waals surface area contributed by atoms with Crippen molar-refractivity contribution in [3.63, 3.8) is 0 Å². The van der Waals surface area contributed by atoms with Gasteiger partial charge in [-0.05, 0) is 37.1 Å². The quantitative estimate of drug-likeness (QED) is 0.608. The van der Waals surface area contributed by atoms with Gasteiger partial charge in [-0.25, -0.2) is 0 Å². The van der Waals surface area contributed by atoms with E-state index in [0.29, 0.717) is 0 Å². The van der Waals surface area contributed by atoms with Crippen molar-refractivity contribution in [3.05, 3.63) is 30.5 Å². The lowest BCUT2D eigenvalue weighted by atomic mass is 10.2. The fourth-order valence-electron chi connectivity index (χ4n) is 2.39. The number of rotatable bonds is 8. The van der Waals surface area contributed by atoms with Gasteiger partial charge in [-0.15, -0.1) is 0 Å². The van der Waals surface area contributed by atoms with E-state index in [0.717, 1.165) is 25.3 Å². The first kappa shape index (κ1) is 14.0. The lowest BCUT2D eigenvalue weighted by Gasteiger charge is -2.07. The van der Waals surface area contributed by atoms with Crippen molar-refractivity contribution in [1.82, 2.24) is 4.57 Å². The largest absolute Gasteiger partial charge is 0.494 e. The summed E-state index contributed by atoms with van der Waals surface area (Å²) in [6.45, 7) is 6.30. The highest BCUT2D eigenvalue weighted by Crippen LogP contribution is 2.22. The van der Waals surface area contributed by atoms with Crippen LogP contribution in [-0.4, -0.2) is 11.2 Å². The molecule has 0 aliphatic carbocycles. The van der Waals surface area contributed by atoms with E-state index in [-0.39, 0.29) is 0 Å². The Morgan fingerprint density at radius 1 is 1.00 bits per heavy atom. The minimum absolute atomic E-state index is 0.795. The van der Waals surface area contributed by atoms with Gasteiger partial charge in [-0.1, -0.05) is 33.1 Å². The summed E-state index contributed by atoms with van der Waals surface area (Å²) in [5, 5.41) is 1.28. The molecular formula is C17H25NO. The molecule has 2 aromatic rings. The third kappa shape index (κ3) is 3.76. The number of hydrogen-bond acceptors (Lipinski definition) is 1. The van der Waals surface area contributed by atoms with Crippen molar-refractivity contribution < 1.29 is 4.74 Å². The number of unbranched alkanes of at least 4 members (excludes halogenated alkanes) is 3. The van der Waals surface area contributed by atoms with Gasteiger partial charge in [0.2, 0.25) is 0 Å². The Morgan fingerprint density at radius 2 is 1.89 bits per heavy atom. The number of fused-ring (bicyclic) bond motifs is 1. The van der Waals surface area contributed by atoms with Gasteiger partial charge >= 0.3 is 0 Å². The van der Waals surface area contributed by atoms with Crippen LogP contribution in [0.15, 0.2) is 30.5 Å². The molecule has 0 bridgehead atoms. The molecule has 2 nitrogen and oxygen atoms in total. The first-order valence-corrected chi connectivity index (χ1v) is 7.57. The van der Waals surface area contributed by atoms with Crippen LogP contribution in [0, 0.1) is 0 Å². The summed E-state index contributed by atoms with van der Waals surface area (Å²) in [4.78, 5) is 0. The van der Waals surface area contributed by atoms with Crippen LogP contribution >= 0.6 is 0 Å². The van der Waals surface area contributed by atoms with Crippen LogP contribution in [0.4, 0.5) is 0 Å². The average molecular weight is 259 g/mol. The van der Waals surface area contributed by atoms with Crippen LogP contribution in [0.2, 0.25) is 0 Å². The molecule has 104 valence electrons. The van der Waals surface area contributed by atoms with Gasteiger partial charge in [0.15, 0.2) is 0 Å². The molecule has 0 radical (unpaired) electrons. The highest BCUT2D eigenvalue weighted by molar-refractivity contribution is 5.81. The molecule has 1 aromatic carbocycles. The van der Waals surface area contributed by atoms with E-state index in [1.165, 1.54) is 36.6 Å². The van der Waals surface area contributed by atoms with E-state index in [2.05, 4.69) is 48.9 Å². The van der Waals surface area contributed by atoms with E-state index >= 15 is 0 Å². The normalized spacial score (nSPS) is 11.1. The van der Waals surface area contributed by atoms with Crippen molar-refractivity contribution >= 4 is 10.9 Å². The highest BCUT2D eigenvalue weighted by atomic mass is 16.5. The third-order valence-electron chi connectivity index (χ3n) is 3.47. The minimum Gasteiger partial charge on any atom is -0.494 e. The number of aryl methyl sites for hydroxylation is 1. The van der Waals surface area contributed by atoms with Gasteiger partial charge < -0.3 is 9.30 Å². The summed E-state index contributed by atoms with van der Waals surface area (Å²) >= 11 is 0. The van der Waals surface area contributed by atoms with Gasteiger partial charge in [-0.2, -0.15) is 0 Å². The number of aromatic nitrogens is 1. The first-order chi connectivity index (χ1) is 9.35. The molecule has 0 spiro atoms. The lowest BCUT2D eigenvalue weighted by molar-refractivity contribution is 0.318. The van der Waals surface area contributed by atoms with Crippen LogP contribution < -0.4 is 4.74 Å². The van der Waals surface area contributed by atoms with Gasteiger partial charge in [0.05, 0.1) is 6.61 Å². The van der Waals surface area contributed by atoms with Gasteiger partial charge in [0.1, 0.15) is 5.75 Å². The topological polar surface area (TPSA) is 14.2 Å². The number of hydrogen-bond donors (Lipinski definition) is 0. The highest BCUT2D eigenvalue weighted by Gasteiger charge is 2.02. The van der Waals surface area contributed by atoms with E-state index < -0.39 is 0 Å². The van der Waals surface area contributed by atoms with Crippen molar-refractivity contribution in [2.45, 2.75) is 52.5 Å². The summed E-state index contributed by atoms with van der Waals surface area (Å²) in [7, 11) is 0. The summed E-state index contributed by atoms with van der Waals surface area (Å²) in [5.74, 6) is 0.984. The van der Waals surface area contributed by atoms with Gasteiger partial charge in [0, 0.05) is 23.6 Å². The number of nitrogens with zero attached hydrogens (tertiary/aromatic N) is 1. The molecule has 0 aliphatic rings. The molecular weight excluding hydrogens is 234 g/mol. The Bertz CT molecular complexity index is 501. The molecule has 0 saturated carbocycles. The second-order valence-corrected chi connectivity index (χ2v) is 5.14.